The first-order valence-electron chi connectivity index (χ1n) is 18.5. The van der Waals surface area contributed by atoms with Crippen molar-refractivity contribution in [3.63, 3.8) is 0 Å². The number of anilines is 3. The molecule has 2 aliphatic rings. The van der Waals surface area contributed by atoms with E-state index in [9.17, 15) is 0 Å². The van der Waals surface area contributed by atoms with Crippen molar-refractivity contribution >= 4 is 62.1 Å². The van der Waals surface area contributed by atoms with Crippen LogP contribution in [0.25, 0.3) is 44.2 Å². The van der Waals surface area contributed by atoms with Gasteiger partial charge in [0.05, 0.1) is 0 Å². The fourth-order valence-electron chi connectivity index (χ4n) is 8.38. The molecule has 3 heteroatoms. The number of hydrogen-bond donors (Lipinski definition) is 0. The highest BCUT2D eigenvalue weighted by molar-refractivity contribution is 7.01. The van der Waals surface area contributed by atoms with Crippen molar-refractivity contribution in [3.05, 3.63) is 132 Å². The highest BCUT2D eigenvalue weighted by atomic mass is 16.3. The fourth-order valence-corrected chi connectivity index (χ4v) is 8.38. The van der Waals surface area contributed by atoms with E-state index in [-0.39, 0.29) is 23.0 Å². The third-order valence-electron chi connectivity index (χ3n) is 11.3. The van der Waals surface area contributed by atoms with E-state index in [1.165, 1.54) is 72.4 Å². The lowest BCUT2D eigenvalue weighted by molar-refractivity contribution is 0.590. The van der Waals surface area contributed by atoms with Gasteiger partial charge in [0.15, 0.2) is 0 Å². The van der Waals surface area contributed by atoms with E-state index < -0.39 is 0 Å². The van der Waals surface area contributed by atoms with E-state index in [2.05, 4.69) is 176 Å². The zero-order valence-electron chi connectivity index (χ0n) is 31.4. The minimum absolute atomic E-state index is 0.0131. The second-order valence-electron chi connectivity index (χ2n) is 17.9. The van der Waals surface area contributed by atoms with Gasteiger partial charge in [0.25, 0.3) is 0 Å². The van der Waals surface area contributed by atoms with Gasteiger partial charge in [-0.15, -0.1) is 0 Å². The van der Waals surface area contributed by atoms with E-state index >= 15 is 0 Å². The summed E-state index contributed by atoms with van der Waals surface area (Å²) < 4.78 is 6.26. The van der Waals surface area contributed by atoms with Crippen molar-refractivity contribution in [1.29, 1.82) is 0 Å². The summed E-state index contributed by atoms with van der Waals surface area (Å²) >= 11 is 0. The molecule has 0 saturated heterocycles. The lowest BCUT2D eigenvalue weighted by Gasteiger charge is -2.38. The van der Waals surface area contributed by atoms with Crippen LogP contribution in [0, 0.1) is 0 Å². The van der Waals surface area contributed by atoms with Gasteiger partial charge in [-0.1, -0.05) is 135 Å². The van der Waals surface area contributed by atoms with Crippen LogP contribution >= 0.6 is 0 Å². The predicted molar refractivity (Wildman–Crippen MR) is 220 cm³/mol. The lowest BCUT2D eigenvalue weighted by atomic mass is 9.37. The molecule has 0 bridgehead atoms. The number of hydrogen-bond acceptors (Lipinski definition) is 2. The third kappa shape index (κ3) is 5.00. The SMILES string of the molecule is CC(C)(C)c1cccc(N2c3cc(C(C)(C)C)ccc3B3c4ccc(C(C)(C)C)cc4-c4cc(-c5ccc6oc7ccccc7c6c5)cc2c43)c1. The Morgan fingerprint density at radius 2 is 1.14 bits per heavy atom. The topological polar surface area (TPSA) is 16.4 Å². The summed E-state index contributed by atoms with van der Waals surface area (Å²) in [6.07, 6.45) is 0. The quantitative estimate of drug-likeness (QED) is 0.171. The van der Waals surface area contributed by atoms with Crippen LogP contribution in [0.15, 0.2) is 120 Å². The molecule has 0 radical (unpaired) electrons. The summed E-state index contributed by atoms with van der Waals surface area (Å²) in [6, 6.07) is 43.8. The van der Waals surface area contributed by atoms with Gasteiger partial charge in [-0.25, -0.2) is 0 Å². The molecule has 2 nitrogen and oxygen atoms in total. The summed E-state index contributed by atoms with van der Waals surface area (Å²) in [7, 11) is 0. The molecule has 9 rings (SSSR count). The van der Waals surface area contributed by atoms with Crippen LogP contribution in [0.2, 0.25) is 0 Å². The van der Waals surface area contributed by atoms with Gasteiger partial charge in [-0.2, -0.15) is 0 Å². The number of nitrogens with zero attached hydrogens (tertiary/aromatic N) is 1. The minimum Gasteiger partial charge on any atom is -0.456 e. The molecule has 3 heterocycles. The Morgan fingerprint density at radius 1 is 0.471 bits per heavy atom. The van der Waals surface area contributed by atoms with Crippen LogP contribution in [-0.4, -0.2) is 6.71 Å². The van der Waals surface area contributed by atoms with Crippen LogP contribution in [-0.2, 0) is 16.2 Å². The van der Waals surface area contributed by atoms with Crippen molar-refractivity contribution in [2.75, 3.05) is 4.90 Å². The second kappa shape index (κ2) is 10.7. The predicted octanol–water partition coefficient (Wildman–Crippen LogP) is 11.4. The molecule has 2 aliphatic heterocycles. The zero-order valence-corrected chi connectivity index (χ0v) is 31.4. The largest absolute Gasteiger partial charge is 0.456 e. The van der Waals surface area contributed by atoms with Crippen molar-refractivity contribution in [2.45, 2.75) is 78.6 Å². The highest BCUT2D eigenvalue weighted by Gasteiger charge is 2.43. The first kappa shape index (κ1) is 31.9. The molecular formula is C48H46BNO. The molecule has 0 fully saturated rings. The number of rotatable bonds is 2. The maximum atomic E-state index is 6.26. The average molecular weight is 664 g/mol. The summed E-state index contributed by atoms with van der Waals surface area (Å²) in [5, 5.41) is 2.31. The Bertz CT molecular complexity index is 2550. The monoisotopic (exact) mass is 663 g/mol. The van der Waals surface area contributed by atoms with Crippen LogP contribution in [0.1, 0.15) is 79.0 Å². The average Bonchev–Trinajstić information content (AvgIpc) is 3.63. The van der Waals surface area contributed by atoms with E-state index in [1.807, 2.05) is 6.07 Å². The molecule has 0 N–H and O–H groups in total. The number of furan rings is 1. The van der Waals surface area contributed by atoms with E-state index in [4.69, 9.17) is 4.42 Å². The summed E-state index contributed by atoms with van der Waals surface area (Å²) in [5.74, 6) is 0. The Kier molecular flexibility index (Phi) is 6.73. The smallest absolute Gasteiger partial charge is 0.248 e. The van der Waals surface area contributed by atoms with Crippen molar-refractivity contribution in [2.24, 2.45) is 0 Å². The normalized spacial score (nSPS) is 13.9. The fraction of sp³-hybridized carbons (Fsp3) is 0.250. The third-order valence-corrected chi connectivity index (χ3v) is 11.3. The van der Waals surface area contributed by atoms with Gasteiger partial charge >= 0.3 is 0 Å². The van der Waals surface area contributed by atoms with Crippen LogP contribution < -0.4 is 21.3 Å². The van der Waals surface area contributed by atoms with Gasteiger partial charge in [0.1, 0.15) is 11.2 Å². The Morgan fingerprint density at radius 3 is 1.88 bits per heavy atom. The molecule has 252 valence electrons. The first-order chi connectivity index (χ1) is 24.2. The van der Waals surface area contributed by atoms with Crippen molar-refractivity contribution < 1.29 is 4.42 Å². The second-order valence-corrected chi connectivity index (χ2v) is 17.9. The summed E-state index contributed by atoms with van der Waals surface area (Å²) in [4.78, 5) is 2.57. The standard InChI is InChI=1S/C48H46BNO/c1-46(2,3)31-13-12-14-34(26-31)50-41-28-33(48(7,8)9)19-21-40(41)49-39-20-18-32(47(4,5)6)27-36(39)38-24-30(25-42(50)45(38)49)29-17-22-44-37(23-29)35-15-10-11-16-43(35)51-44/h10-28H,1-9H3. The Balaban J connectivity index is 1.37. The molecule has 0 saturated carbocycles. The van der Waals surface area contributed by atoms with Crippen molar-refractivity contribution in [3.8, 4) is 22.3 Å². The van der Waals surface area contributed by atoms with Gasteiger partial charge in [-0.05, 0) is 115 Å². The highest BCUT2D eigenvalue weighted by Crippen LogP contribution is 2.45. The minimum atomic E-state index is 0.0131. The molecule has 0 unspecified atom stereocenters. The molecule has 0 amide bonds. The Hall–Kier alpha value is -5.02. The van der Waals surface area contributed by atoms with Gasteiger partial charge in [-0.3, -0.25) is 0 Å². The van der Waals surface area contributed by atoms with Gasteiger partial charge < -0.3 is 9.32 Å². The molecule has 7 aromatic rings. The number of para-hydroxylation sites is 1. The van der Waals surface area contributed by atoms with E-state index in [0.29, 0.717) is 0 Å². The van der Waals surface area contributed by atoms with Crippen molar-refractivity contribution in [1.82, 2.24) is 0 Å². The molecule has 51 heavy (non-hydrogen) atoms. The molecule has 0 spiro atoms. The van der Waals surface area contributed by atoms with Gasteiger partial charge in [0, 0.05) is 27.8 Å². The van der Waals surface area contributed by atoms with Crippen LogP contribution in [0.4, 0.5) is 17.1 Å². The molecule has 0 aliphatic carbocycles. The van der Waals surface area contributed by atoms with Gasteiger partial charge in [0.2, 0.25) is 6.71 Å². The lowest BCUT2D eigenvalue weighted by Crippen LogP contribution is -2.54. The van der Waals surface area contributed by atoms with E-state index in [1.54, 1.807) is 0 Å². The maximum Gasteiger partial charge on any atom is 0.248 e. The molecule has 6 aromatic carbocycles. The summed E-state index contributed by atoms with van der Waals surface area (Å²) in [5.41, 5.74) is 19.0. The number of benzene rings is 6. The zero-order chi connectivity index (χ0) is 35.6. The maximum absolute atomic E-state index is 6.26. The van der Waals surface area contributed by atoms with Crippen LogP contribution in [0.5, 0.6) is 0 Å². The summed E-state index contributed by atoms with van der Waals surface area (Å²) in [6.45, 7) is 21.0. The molecule has 0 atom stereocenters. The van der Waals surface area contributed by atoms with Crippen LogP contribution in [0.3, 0.4) is 0 Å². The molecular weight excluding hydrogens is 617 g/mol. The van der Waals surface area contributed by atoms with E-state index in [0.717, 1.165) is 21.9 Å². The number of fused-ring (bicyclic) bond motifs is 8. The molecule has 1 aromatic heterocycles. The Labute approximate surface area is 303 Å². The first-order valence-corrected chi connectivity index (χ1v) is 18.5.